The van der Waals surface area contributed by atoms with Crippen LogP contribution in [0.1, 0.15) is 31.4 Å². The highest BCUT2D eigenvalue weighted by atomic mass is 19.4. The van der Waals surface area contributed by atoms with E-state index in [1.54, 1.807) is 0 Å². The van der Waals surface area contributed by atoms with E-state index < -0.39 is 11.7 Å². The molecule has 0 saturated carbocycles. The highest BCUT2D eigenvalue weighted by molar-refractivity contribution is 5.25. The van der Waals surface area contributed by atoms with Crippen molar-refractivity contribution < 1.29 is 13.2 Å². The van der Waals surface area contributed by atoms with Gasteiger partial charge in [0.1, 0.15) is 0 Å². The fourth-order valence-corrected chi connectivity index (χ4v) is 1.79. The van der Waals surface area contributed by atoms with E-state index in [-0.39, 0.29) is 6.04 Å². The molecule has 0 bridgehead atoms. The van der Waals surface area contributed by atoms with Crippen LogP contribution in [0.5, 0.6) is 0 Å². The van der Waals surface area contributed by atoms with Gasteiger partial charge in [0.05, 0.1) is 5.56 Å². The third-order valence-corrected chi connectivity index (χ3v) is 3.28. The van der Waals surface area contributed by atoms with Crippen LogP contribution in [-0.4, -0.2) is 6.04 Å². The van der Waals surface area contributed by atoms with E-state index >= 15 is 0 Å². The molecule has 3 N–H and O–H groups in total. The quantitative estimate of drug-likeness (QED) is 0.630. The molecule has 0 amide bonds. The summed E-state index contributed by atoms with van der Waals surface area (Å²) in [5.41, 5.74) is 2.96. The summed E-state index contributed by atoms with van der Waals surface area (Å²) in [5, 5.41) is 0. The molecule has 0 aliphatic heterocycles. The van der Waals surface area contributed by atoms with Crippen LogP contribution in [0.4, 0.5) is 13.2 Å². The van der Waals surface area contributed by atoms with Gasteiger partial charge in [-0.05, 0) is 30.0 Å². The molecule has 0 spiro atoms. The molecule has 18 heavy (non-hydrogen) atoms. The summed E-state index contributed by atoms with van der Waals surface area (Å²) in [6, 6.07) is 5.32. The molecule has 0 saturated heterocycles. The van der Waals surface area contributed by atoms with Crippen molar-refractivity contribution in [3.8, 4) is 0 Å². The number of nitrogens with one attached hydrogen (secondary N) is 1. The Labute approximate surface area is 105 Å². The van der Waals surface area contributed by atoms with Crippen molar-refractivity contribution in [1.29, 1.82) is 0 Å². The van der Waals surface area contributed by atoms with Gasteiger partial charge in [0.2, 0.25) is 0 Å². The van der Waals surface area contributed by atoms with Crippen LogP contribution in [-0.2, 0) is 12.6 Å². The first-order chi connectivity index (χ1) is 8.38. The predicted molar refractivity (Wildman–Crippen MR) is 65.7 cm³/mol. The Bertz CT molecular complexity index is 359. The van der Waals surface area contributed by atoms with Gasteiger partial charge >= 0.3 is 6.18 Å². The third kappa shape index (κ3) is 3.99. The molecule has 0 aromatic heterocycles. The number of alkyl halides is 3. The molecule has 2 unspecified atom stereocenters. The molecule has 5 heteroatoms. The van der Waals surface area contributed by atoms with Gasteiger partial charge in [0.15, 0.2) is 0 Å². The van der Waals surface area contributed by atoms with Crippen LogP contribution in [0.3, 0.4) is 0 Å². The van der Waals surface area contributed by atoms with Crippen LogP contribution >= 0.6 is 0 Å². The monoisotopic (exact) mass is 260 g/mol. The van der Waals surface area contributed by atoms with Crippen LogP contribution < -0.4 is 11.3 Å². The van der Waals surface area contributed by atoms with Crippen LogP contribution in [0.15, 0.2) is 24.3 Å². The Balaban J connectivity index is 2.74. The average molecular weight is 260 g/mol. The Morgan fingerprint density at radius 2 is 1.78 bits per heavy atom. The molecule has 0 aliphatic carbocycles. The fourth-order valence-electron chi connectivity index (χ4n) is 1.79. The summed E-state index contributed by atoms with van der Waals surface area (Å²) >= 11 is 0. The Hall–Kier alpha value is -1.07. The van der Waals surface area contributed by atoms with Gasteiger partial charge in [-0.15, -0.1) is 0 Å². The predicted octanol–water partition coefficient (Wildman–Crippen LogP) is 3.13. The second-order valence-corrected chi connectivity index (χ2v) is 4.56. The van der Waals surface area contributed by atoms with Crippen molar-refractivity contribution in [2.45, 2.75) is 38.9 Å². The lowest BCUT2D eigenvalue weighted by molar-refractivity contribution is -0.137. The number of hydrogen-bond acceptors (Lipinski definition) is 2. The fraction of sp³-hybridized carbons (Fsp3) is 0.538. The molecule has 1 rings (SSSR count). The van der Waals surface area contributed by atoms with Gasteiger partial charge in [-0.2, -0.15) is 13.2 Å². The first kappa shape index (κ1) is 15.0. The minimum absolute atomic E-state index is 0.0757. The van der Waals surface area contributed by atoms with Gasteiger partial charge in [0, 0.05) is 6.04 Å². The normalized spacial score (nSPS) is 15.4. The molecule has 102 valence electrons. The molecular weight excluding hydrogens is 241 g/mol. The second-order valence-electron chi connectivity index (χ2n) is 4.56. The minimum atomic E-state index is -4.28. The highest BCUT2D eigenvalue weighted by Gasteiger charge is 2.30. The molecule has 1 aromatic carbocycles. The Morgan fingerprint density at radius 3 is 2.17 bits per heavy atom. The summed E-state index contributed by atoms with van der Waals surface area (Å²) in [6.45, 7) is 4.12. The minimum Gasteiger partial charge on any atom is -0.271 e. The maximum atomic E-state index is 12.4. The Kier molecular flexibility index (Phi) is 5.16. The number of hydrogen-bond donors (Lipinski definition) is 2. The standard InChI is InChI=1S/C13H19F3N2/c1-3-9(2)12(18-17)8-10-4-6-11(7-5-10)13(14,15)16/h4-7,9,12,18H,3,8,17H2,1-2H3. The second kappa shape index (κ2) is 6.20. The zero-order valence-corrected chi connectivity index (χ0v) is 10.6. The first-order valence-electron chi connectivity index (χ1n) is 6.00. The lowest BCUT2D eigenvalue weighted by Gasteiger charge is -2.22. The van der Waals surface area contributed by atoms with E-state index in [0.717, 1.165) is 24.1 Å². The van der Waals surface area contributed by atoms with E-state index in [4.69, 9.17) is 5.84 Å². The number of benzene rings is 1. The highest BCUT2D eigenvalue weighted by Crippen LogP contribution is 2.29. The van der Waals surface area contributed by atoms with E-state index in [0.29, 0.717) is 12.3 Å². The maximum Gasteiger partial charge on any atom is 0.416 e. The summed E-state index contributed by atoms with van der Waals surface area (Å²) < 4.78 is 37.2. The summed E-state index contributed by atoms with van der Waals surface area (Å²) in [6.07, 6.45) is -2.68. The smallest absolute Gasteiger partial charge is 0.271 e. The van der Waals surface area contributed by atoms with Crippen molar-refractivity contribution in [3.05, 3.63) is 35.4 Å². The van der Waals surface area contributed by atoms with Crippen LogP contribution in [0.25, 0.3) is 0 Å². The zero-order valence-electron chi connectivity index (χ0n) is 10.6. The Morgan fingerprint density at radius 1 is 1.22 bits per heavy atom. The van der Waals surface area contributed by atoms with E-state index in [9.17, 15) is 13.2 Å². The summed E-state index contributed by atoms with van der Waals surface area (Å²) in [4.78, 5) is 0. The number of hydrazine groups is 1. The number of halogens is 3. The van der Waals surface area contributed by atoms with Gasteiger partial charge in [-0.25, -0.2) is 0 Å². The molecule has 2 atom stereocenters. The van der Waals surface area contributed by atoms with Crippen LogP contribution in [0.2, 0.25) is 0 Å². The molecule has 2 nitrogen and oxygen atoms in total. The average Bonchev–Trinajstić information content (AvgIpc) is 2.34. The van der Waals surface area contributed by atoms with Gasteiger partial charge in [-0.1, -0.05) is 32.4 Å². The topological polar surface area (TPSA) is 38.0 Å². The molecule has 0 heterocycles. The van der Waals surface area contributed by atoms with Crippen molar-refractivity contribution in [3.63, 3.8) is 0 Å². The largest absolute Gasteiger partial charge is 0.416 e. The molecular formula is C13H19F3N2. The zero-order chi connectivity index (χ0) is 13.8. The molecule has 0 aliphatic rings. The van der Waals surface area contributed by atoms with Crippen molar-refractivity contribution >= 4 is 0 Å². The first-order valence-corrected chi connectivity index (χ1v) is 6.00. The van der Waals surface area contributed by atoms with Crippen molar-refractivity contribution in [2.75, 3.05) is 0 Å². The third-order valence-electron chi connectivity index (χ3n) is 3.28. The van der Waals surface area contributed by atoms with Crippen LogP contribution in [0, 0.1) is 5.92 Å². The summed E-state index contributed by atoms with van der Waals surface area (Å²) in [5.74, 6) is 5.84. The molecule has 0 radical (unpaired) electrons. The van der Waals surface area contributed by atoms with E-state index in [1.807, 2.05) is 0 Å². The lowest BCUT2D eigenvalue weighted by Crippen LogP contribution is -2.41. The molecule has 1 aromatic rings. The molecule has 0 fully saturated rings. The number of rotatable bonds is 5. The van der Waals surface area contributed by atoms with Gasteiger partial charge in [0.25, 0.3) is 0 Å². The van der Waals surface area contributed by atoms with E-state index in [2.05, 4.69) is 19.3 Å². The van der Waals surface area contributed by atoms with Gasteiger partial charge < -0.3 is 0 Å². The lowest BCUT2D eigenvalue weighted by atomic mass is 9.93. The number of nitrogens with two attached hydrogens (primary N) is 1. The van der Waals surface area contributed by atoms with Gasteiger partial charge in [-0.3, -0.25) is 11.3 Å². The van der Waals surface area contributed by atoms with Crippen molar-refractivity contribution in [1.82, 2.24) is 5.43 Å². The maximum absolute atomic E-state index is 12.4. The van der Waals surface area contributed by atoms with E-state index in [1.165, 1.54) is 12.1 Å². The SMILES string of the molecule is CCC(C)C(Cc1ccc(C(F)(F)F)cc1)NN. The van der Waals surface area contributed by atoms with Crippen molar-refractivity contribution in [2.24, 2.45) is 11.8 Å². The summed E-state index contributed by atoms with van der Waals surface area (Å²) in [7, 11) is 0.